The number of carbonyl (C=O) groups is 2. The lowest BCUT2D eigenvalue weighted by molar-refractivity contribution is -0.138. The van der Waals surface area contributed by atoms with E-state index in [1.54, 1.807) is 16.8 Å². The molecule has 0 aliphatic rings. The highest BCUT2D eigenvalue weighted by molar-refractivity contribution is 5.96. The molecule has 0 amide bonds. The van der Waals surface area contributed by atoms with Crippen LogP contribution in [0.25, 0.3) is 23.1 Å². The molecular weight excluding hydrogens is 458 g/mol. The molecule has 2 N–H and O–H groups in total. The summed E-state index contributed by atoms with van der Waals surface area (Å²) < 4.78 is 13.0. The number of hydrogen-bond acceptors (Lipinski definition) is 4. The van der Waals surface area contributed by atoms with Gasteiger partial charge in [-0.15, -0.1) is 0 Å². The Bertz CT molecular complexity index is 1360. The van der Waals surface area contributed by atoms with Gasteiger partial charge in [0.25, 0.3) is 0 Å². The summed E-state index contributed by atoms with van der Waals surface area (Å²) in [6.07, 6.45) is 6.04. The number of aromatic nitrogens is 1. The molecule has 0 spiro atoms. The quantitative estimate of drug-likeness (QED) is 0.207. The monoisotopic (exact) mass is 485 g/mol. The summed E-state index contributed by atoms with van der Waals surface area (Å²) in [5.41, 5.74) is 3.05. The largest absolute Gasteiger partial charge is 0.493 e. The van der Waals surface area contributed by atoms with Gasteiger partial charge in [-0.25, -0.2) is 0 Å². The zero-order valence-electron chi connectivity index (χ0n) is 19.7. The minimum Gasteiger partial charge on any atom is -0.493 e. The summed E-state index contributed by atoms with van der Waals surface area (Å²) in [6.45, 7) is 0.890. The second-order valence-corrected chi connectivity index (χ2v) is 8.25. The maximum Gasteiger partial charge on any atom is 0.323 e. The topological polar surface area (TPSA) is 98.0 Å². The van der Waals surface area contributed by atoms with Gasteiger partial charge in [0.15, 0.2) is 0 Å². The number of benzene rings is 3. The lowest BCUT2D eigenvalue weighted by atomic mass is 10.0. The molecule has 3 aromatic carbocycles. The molecule has 0 aliphatic heterocycles. The van der Waals surface area contributed by atoms with Crippen LogP contribution in [0.15, 0.2) is 79.0 Å². The Labute approximate surface area is 208 Å². The molecule has 4 rings (SSSR count). The first-order valence-corrected chi connectivity index (χ1v) is 11.6. The molecule has 0 saturated carbocycles. The minimum atomic E-state index is -0.985. The fourth-order valence-corrected chi connectivity index (χ4v) is 4.00. The number of fused-ring (bicyclic) bond motifs is 1. The highest BCUT2D eigenvalue weighted by Crippen LogP contribution is 2.28. The van der Waals surface area contributed by atoms with Gasteiger partial charge >= 0.3 is 11.9 Å². The second kappa shape index (κ2) is 11.8. The number of aliphatic carboxylic acids is 2. The summed E-state index contributed by atoms with van der Waals surface area (Å²) in [5.74, 6) is -0.340. The van der Waals surface area contributed by atoms with Crippen molar-refractivity contribution in [2.45, 2.75) is 19.4 Å². The van der Waals surface area contributed by atoms with Crippen molar-refractivity contribution in [1.29, 1.82) is 0 Å². The third-order valence-electron chi connectivity index (χ3n) is 5.57. The van der Waals surface area contributed by atoms with Gasteiger partial charge in [0, 0.05) is 23.5 Å². The van der Waals surface area contributed by atoms with E-state index in [0.29, 0.717) is 24.3 Å². The van der Waals surface area contributed by atoms with E-state index in [4.69, 9.17) is 9.47 Å². The van der Waals surface area contributed by atoms with Gasteiger partial charge in [-0.05, 0) is 47.0 Å². The van der Waals surface area contributed by atoms with Crippen molar-refractivity contribution in [2.75, 3.05) is 13.2 Å². The number of carboxylic acid groups (broad SMARTS) is 2. The van der Waals surface area contributed by atoms with Crippen LogP contribution in [0.1, 0.15) is 23.1 Å². The molecule has 0 radical (unpaired) electrons. The second-order valence-electron chi connectivity index (χ2n) is 8.25. The molecule has 0 saturated heterocycles. The van der Waals surface area contributed by atoms with Crippen molar-refractivity contribution in [1.82, 2.24) is 4.57 Å². The van der Waals surface area contributed by atoms with Crippen LogP contribution in [0.3, 0.4) is 0 Å². The summed E-state index contributed by atoms with van der Waals surface area (Å²) in [5, 5.41) is 19.3. The van der Waals surface area contributed by atoms with Crippen molar-refractivity contribution in [3.05, 3.63) is 95.7 Å². The molecule has 0 fully saturated rings. The van der Waals surface area contributed by atoms with E-state index >= 15 is 0 Å². The fourth-order valence-electron chi connectivity index (χ4n) is 4.00. The van der Waals surface area contributed by atoms with E-state index in [1.165, 1.54) is 0 Å². The fraction of sp³-hybridized carbons (Fsp3) is 0.172. The van der Waals surface area contributed by atoms with Crippen molar-refractivity contribution < 1.29 is 29.3 Å². The van der Waals surface area contributed by atoms with Gasteiger partial charge in [0.05, 0.1) is 19.6 Å². The molecule has 0 aliphatic carbocycles. The van der Waals surface area contributed by atoms with Gasteiger partial charge in [-0.1, -0.05) is 54.6 Å². The summed E-state index contributed by atoms with van der Waals surface area (Å²) in [4.78, 5) is 22.6. The van der Waals surface area contributed by atoms with Crippen LogP contribution >= 0.6 is 0 Å². The standard InChI is InChI=1S/C29H27NO6/c31-27(32)18-23-19-30(20-28(33)34)26-9-4-6-22(29(23)26)13-10-21-11-14-25(15-12-21)36-17-5-16-35-24-7-2-1-3-8-24/h1-4,6-15,19H,5,16-18,20H2,(H,31,32)(H,33,34)/b13-10+. The molecular formula is C29H27NO6. The number of rotatable bonds is 12. The van der Waals surface area contributed by atoms with Crippen LogP contribution in [0.2, 0.25) is 0 Å². The number of nitrogens with zero attached hydrogens (tertiary/aromatic N) is 1. The molecule has 0 unspecified atom stereocenters. The number of hydrogen-bond donors (Lipinski definition) is 2. The molecule has 36 heavy (non-hydrogen) atoms. The molecule has 0 atom stereocenters. The minimum absolute atomic E-state index is 0.184. The highest BCUT2D eigenvalue weighted by atomic mass is 16.5. The summed E-state index contributed by atoms with van der Waals surface area (Å²) in [6, 6.07) is 22.9. The summed E-state index contributed by atoms with van der Waals surface area (Å²) in [7, 11) is 0. The maximum atomic E-state index is 11.4. The van der Waals surface area contributed by atoms with Crippen molar-refractivity contribution in [3.8, 4) is 11.5 Å². The molecule has 184 valence electrons. The average Bonchev–Trinajstić information content (AvgIpc) is 3.20. The molecule has 7 nitrogen and oxygen atoms in total. The number of carboxylic acids is 2. The average molecular weight is 486 g/mol. The normalized spacial score (nSPS) is 11.1. The molecule has 0 bridgehead atoms. The van der Waals surface area contributed by atoms with E-state index in [-0.39, 0.29) is 13.0 Å². The predicted octanol–water partition coefficient (Wildman–Crippen LogP) is 5.37. The molecule has 1 aromatic heterocycles. The van der Waals surface area contributed by atoms with Crippen molar-refractivity contribution in [2.24, 2.45) is 0 Å². The number of ether oxygens (including phenoxy) is 2. The van der Waals surface area contributed by atoms with Crippen molar-refractivity contribution >= 4 is 35.0 Å². The van der Waals surface area contributed by atoms with Gasteiger partial charge in [0.2, 0.25) is 0 Å². The zero-order chi connectivity index (χ0) is 25.3. The molecule has 1 heterocycles. The van der Waals surface area contributed by atoms with Gasteiger partial charge in [-0.2, -0.15) is 0 Å². The Morgan fingerprint density at radius 2 is 1.47 bits per heavy atom. The van der Waals surface area contributed by atoms with Crippen LogP contribution in [-0.2, 0) is 22.6 Å². The molecule has 7 heteroatoms. The van der Waals surface area contributed by atoms with Gasteiger partial charge in [0.1, 0.15) is 18.0 Å². The highest BCUT2D eigenvalue weighted by Gasteiger charge is 2.15. The Morgan fingerprint density at radius 1 is 0.778 bits per heavy atom. The van der Waals surface area contributed by atoms with Crippen LogP contribution in [0.5, 0.6) is 11.5 Å². The van der Waals surface area contributed by atoms with E-state index in [9.17, 15) is 19.8 Å². The van der Waals surface area contributed by atoms with Crippen LogP contribution in [-0.4, -0.2) is 39.9 Å². The van der Waals surface area contributed by atoms with E-state index < -0.39 is 11.9 Å². The first kappa shape index (κ1) is 24.6. The zero-order valence-corrected chi connectivity index (χ0v) is 19.7. The smallest absolute Gasteiger partial charge is 0.323 e. The Morgan fingerprint density at radius 3 is 2.14 bits per heavy atom. The first-order chi connectivity index (χ1) is 17.5. The maximum absolute atomic E-state index is 11.4. The van der Waals surface area contributed by atoms with E-state index in [1.807, 2.05) is 78.9 Å². The predicted molar refractivity (Wildman–Crippen MR) is 138 cm³/mol. The Kier molecular flexibility index (Phi) is 8.03. The van der Waals surface area contributed by atoms with Crippen LogP contribution in [0, 0.1) is 0 Å². The van der Waals surface area contributed by atoms with Crippen molar-refractivity contribution in [3.63, 3.8) is 0 Å². The van der Waals surface area contributed by atoms with Crippen LogP contribution in [0.4, 0.5) is 0 Å². The first-order valence-electron chi connectivity index (χ1n) is 11.6. The van der Waals surface area contributed by atoms with Crippen LogP contribution < -0.4 is 9.47 Å². The summed E-state index contributed by atoms with van der Waals surface area (Å²) >= 11 is 0. The number of para-hydroxylation sites is 1. The van der Waals surface area contributed by atoms with Gasteiger partial charge in [-0.3, -0.25) is 9.59 Å². The Hall–Kier alpha value is -4.52. The SMILES string of the molecule is O=C(O)Cc1cn(CC(=O)O)c2cccc(/C=C/c3ccc(OCCCOc4ccccc4)cc3)c12. The molecule has 4 aromatic rings. The van der Waals surface area contributed by atoms with Gasteiger partial charge < -0.3 is 24.3 Å². The lowest BCUT2D eigenvalue weighted by Gasteiger charge is -2.08. The lowest BCUT2D eigenvalue weighted by Crippen LogP contribution is -2.07. The Balaban J connectivity index is 1.40. The third kappa shape index (κ3) is 6.54. The van der Waals surface area contributed by atoms with E-state index in [2.05, 4.69) is 0 Å². The van der Waals surface area contributed by atoms with E-state index in [0.717, 1.165) is 34.4 Å². The third-order valence-corrected chi connectivity index (χ3v) is 5.57.